The van der Waals surface area contributed by atoms with E-state index in [4.69, 9.17) is 10.8 Å². The first-order valence-corrected chi connectivity index (χ1v) is 6.07. The van der Waals surface area contributed by atoms with E-state index >= 15 is 0 Å². The number of amides is 1. The molecule has 0 aromatic heterocycles. The molecule has 0 aromatic rings. The predicted octanol–water partition coefficient (Wildman–Crippen LogP) is -0.198. The summed E-state index contributed by atoms with van der Waals surface area (Å²) in [7, 11) is 0. The molecule has 86 valence electrons. The largest absolute Gasteiger partial charge is 0.480 e. The van der Waals surface area contributed by atoms with E-state index in [0.29, 0.717) is 19.4 Å². The number of aliphatic carboxylic acids is 1. The second-order valence-electron chi connectivity index (χ2n) is 3.64. The van der Waals surface area contributed by atoms with E-state index in [0.717, 1.165) is 11.5 Å². The maximum atomic E-state index is 11.2. The number of carbonyl (C=O) groups excluding carboxylic acids is 1. The molecule has 1 heterocycles. The van der Waals surface area contributed by atoms with Crippen LogP contribution < -0.4 is 11.1 Å². The van der Waals surface area contributed by atoms with Crippen molar-refractivity contribution in [1.29, 1.82) is 0 Å². The number of thioether (sulfide) groups is 1. The lowest BCUT2D eigenvalue weighted by atomic mass is 9.92. The highest BCUT2D eigenvalue weighted by molar-refractivity contribution is 7.99. The Kier molecular flexibility index (Phi) is 4.41. The molecule has 0 aromatic carbocycles. The Morgan fingerprint density at radius 2 is 2.00 bits per heavy atom. The van der Waals surface area contributed by atoms with Crippen LogP contribution in [0, 0.1) is 0 Å². The second kappa shape index (κ2) is 5.37. The summed E-state index contributed by atoms with van der Waals surface area (Å²) in [5, 5.41) is 12.1. The van der Waals surface area contributed by atoms with Crippen LogP contribution in [0.3, 0.4) is 0 Å². The number of carbonyl (C=O) groups is 2. The molecule has 0 saturated carbocycles. The smallest absolute Gasteiger partial charge is 0.323 e. The van der Waals surface area contributed by atoms with E-state index in [9.17, 15) is 9.59 Å². The van der Waals surface area contributed by atoms with Crippen LogP contribution in [-0.4, -0.2) is 40.6 Å². The highest BCUT2D eigenvalue weighted by Gasteiger charge is 2.39. The van der Waals surface area contributed by atoms with Gasteiger partial charge < -0.3 is 16.2 Å². The number of nitrogens with one attached hydrogen (secondary N) is 1. The fourth-order valence-electron chi connectivity index (χ4n) is 1.61. The molecule has 4 N–H and O–H groups in total. The van der Waals surface area contributed by atoms with Crippen LogP contribution in [0.15, 0.2) is 0 Å². The van der Waals surface area contributed by atoms with E-state index in [1.165, 1.54) is 0 Å². The fourth-order valence-corrected chi connectivity index (χ4v) is 2.80. The van der Waals surface area contributed by atoms with Crippen LogP contribution in [0.4, 0.5) is 0 Å². The first-order valence-electron chi connectivity index (χ1n) is 4.91. The molecular formula is C9H16N2O3S. The summed E-state index contributed by atoms with van der Waals surface area (Å²) in [4.78, 5) is 21.7. The monoisotopic (exact) mass is 232 g/mol. The molecule has 1 amide bonds. The zero-order chi connectivity index (χ0) is 11.3. The molecule has 1 fully saturated rings. The van der Waals surface area contributed by atoms with Crippen molar-refractivity contribution in [3.05, 3.63) is 0 Å². The van der Waals surface area contributed by atoms with Crippen molar-refractivity contribution in [1.82, 2.24) is 5.32 Å². The van der Waals surface area contributed by atoms with Crippen molar-refractivity contribution < 1.29 is 14.7 Å². The summed E-state index contributed by atoms with van der Waals surface area (Å²) in [5.41, 5.74) is 4.15. The number of hydrogen-bond donors (Lipinski definition) is 3. The molecule has 5 nitrogen and oxygen atoms in total. The van der Waals surface area contributed by atoms with Crippen molar-refractivity contribution >= 4 is 23.6 Å². The number of rotatable bonds is 5. The Labute approximate surface area is 92.8 Å². The standard InChI is InChI=1S/C9H16N2O3S/c10-7(12)1-4-11-9(8(13)14)2-5-15-6-3-9/h11H,1-6H2,(H2,10,12)(H,13,14). The third-order valence-corrected chi connectivity index (χ3v) is 3.58. The molecule has 6 heteroatoms. The highest BCUT2D eigenvalue weighted by atomic mass is 32.2. The predicted molar refractivity (Wildman–Crippen MR) is 58.7 cm³/mol. The van der Waals surface area contributed by atoms with Crippen LogP contribution in [0.5, 0.6) is 0 Å². The average molecular weight is 232 g/mol. The van der Waals surface area contributed by atoms with Crippen molar-refractivity contribution in [2.45, 2.75) is 24.8 Å². The van der Waals surface area contributed by atoms with Gasteiger partial charge in [-0.15, -0.1) is 0 Å². The van der Waals surface area contributed by atoms with Gasteiger partial charge in [-0.05, 0) is 24.3 Å². The molecule has 0 spiro atoms. The van der Waals surface area contributed by atoms with E-state index < -0.39 is 17.4 Å². The molecule has 1 aliphatic heterocycles. The molecule has 1 rings (SSSR count). The van der Waals surface area contributed by atoms with Crippen molar-refractivity contribution in [2.24, 2.45) is 5.73 Å². The summed E-state index contributed by atoms with van der Waals surface area (Å²) in [6.45, 7) is 0.340. The van der Waals surface area contributed by atoms with Gasteiger partial charge in [0.25, 0.3) is 0 Å². The van der Waals surface area contributed by atoms with Gasteiger partial charge in [-0.3, -0.25) is 9.59 Å². The summed E-state index contributed by atoms with van der Waals surface area (Å²) in [6, 6.07) is 0. The molecule has 15 heavy (non-hydrogen) atoms. The average Bonchev–Trinajstić information content (AvgIpc) is 2.18. The molecule has 0 radical (unpaired) electrons. The molecule has 0 unspecified atom stereocenters. The quantitative estimate of drug-likeness (QED) is 0.610. The lowest BCUT2D eigenvalue weighted by Crippen LogP contribution is -2.55. The Balaban J connectivity index is 2.49. The zero-order valence-corrected chi connectivity index (χ0v) is 9.31. The van der Waals surface area contributed by atoms with Crippen molar-refractivity contribution in [3.8, 4) is 0 Å². The lowest BCUT2D eigenvalue weighted by molar-refractivity contribution is -0.145. The van der Waals surface area contributed by atoms with Gasteiger partial charge in [0.1, 0.15) is 5.54 Å². The van der Waals surface area contributed by atoms with E-state index in [1.807, 2.05) is 0 Å². The number of carboxylic acid groups (broad SMARTS) is 1. The minimum absolute atomic E-state index is 0.183. The van der Waals surface area contributed by atoms with Crippen LogP contribution in [0.25, 0.3) is 0 Å². The third-order valence-electron chi connectivity index (χ3n) is 2.59. The van der Waals surface area contributed by atoms with Gasteiger partial charge in [0.05, 0.1) is 0 Å². The Bertz CT molecular complexity index is 252. The molecule has 0 aliphatic carbocycles. The van der Waals surface area contributed by atoms with Gasteiger partial charge in [0, 0.05) is 13.0 Å². The fraction of sp³-hybridized carbons (Fsp3) is 0.778. The summed E-state index contributed by atoms with van der Waals surface area (Å²) >= 11 is 1.76. The summed E-state index contributed by atoms with van der Waals surface area (Å²) in [6.07, 6.45) is 1.39. The number of nitrogens with two attached hydrogens (primary N) is 1. The topological polar surface area (TPSA) is 92.4 Å². The summed E-state index contributed by atoms with van der Waals surface area (Å²) < 4.78 is 0. The number of hydrogen-bond acceptors (Lipinski definition) is 4. The zero-order valence-electron chi connectivity index (χ0n) is 8.49. The molecule has 1 aliphatic rings. The van der Waals surface area contributed by atoms with Gasteiger partial charge in [-0.2, -0.15) is 11.8 Å². The van der Waals surface area contributed by atoms with Crippen molar-refractivity contribution in [3.63, 3.8) is 0 Å². The van der Waals surface area contributed by atoms with Gasteiger partial charge in [-0.25, -0.2) is 0 Å². The molecule has 0 bridgehead atoms. The maximum Gasteiger partial charge on any atom is 0.323 e. The van der Waals surface area contributed by atoms with Crippen LogP contribution >= 0.6 is 11.8 Å². The van der Waals surface area contributed by atoms with E-state index in [2.05, 4.69) is 5.32 Å². The number of carboxylic acids is 1. The SMILES string of the molecule is NC(=O)CCNC1(C(=O)O)CCSCC1. The number of primary amides is 1. The van der Waals surface area contributed by atoms with Gasteiger partial charge in [-0.1, -0.05) is 0 Å². The minimum atomic E-state index is -0.847. The van der Waals surface area contributed by atoms with Gasteiger partial charge in [0.2, 0.25) is 5.91 Å². The molecule has 1 saturated heterocycles. The third kappa shape index (κ3) is 3.39. The highest BCUT2D eigenvalue weighted by Crippen LogP contribution is 2.27. The van der Waals surface area contributed by atoms with E-state index in [1.54, 1.807) is 11.8 Å². The minimum Gasteiger partial charge on any atom is -0.480 e. The van der Waals surface area contributed by atoms with Crippen LogP contribution in [0.2, 0.25) is 0 Å². The first-order chi connectivity index (χ1) is 7.07. The van der Waals surface area contributed by atoms with Crippen LogP contribution in [-0.2, 0) is 9.59 Å². The van der Waals surface area contributed by atoms with Gasteiger partial charge in [0.15, 0.2) is 0 Å². The first kappa shape index (κ1) is 12.3. The second-order valence-corrected chi connectivity index (χ2v) is 4.87. The maximum absolute atomic E-state index is 11.2. The van der Waals surface area contributed by atoms with Crippen molar-refractivity contribution in [2.75, 3.05) is 18.1 Å². The molecule has 0 atom stereocenters. The summed E-state index contributed by atoms with van der Waals surface area (Å²) in [5.74, 6) is 0.451. The van der Waals surface area contributed by atoms with E-state index in [-0.39, 0.29) is 6.42 Å². The Morgan fingerprint density at radius 3 is 2.47 bits per heavy atom. The van der Waals surface area contributed by atoms with Gasteiger partial charge >= 0.3 is 5.97 Å². The Morgan fingerprint density at radius 1 is 1.40 bits per heavy atom. The molecular weight excluding hydrogens is 216 g/mol. The Hall–Kier alpha value is -0.750. The van der Waals surface area contributed by atoms with Crippen LogP contribution in [0.1, 0.15) is 19.3 Å². The normalized spacial score (nSPS) is 19.7. The lowest BCUT2D eigenvalue weighted by Gasteiger charge is -2.33.